The van der Waals surface area contributed by atoms with E-state index in [4.69, 9.17) is 2.74 Å². The molecule has 296 valence electrons. The van der Waals surface area contributed by atoms with E-state index in [9.17, 15) is 2.74 Å². The monoisotopic (exact) mass is 797 g/mol. The minimum atomic E-state index is -0.770. The summed E-state index contributed by atoms with van der Waals surface area (Å²) in [6, 6.07) is 61.5. The van der Waals surface area contributed by atoms with Crippen LogP contribution in [0, 0.1) is 0 Å². The van der Waals surface area contributed by atoms with Gasteiger partial charge in [0, 0.05) is 17.6 Å². The number of hydrogen-bond donors (Lipinski definition) is 0. The van der Waals surface area contributed by atoms with Crippen molar-refractivity contribution in [1.82, 2.24) is 4.90 Å². The summed E-state index contributed by atoms with van der Waals surface area (Å²) in [4.78, 5) is 1.79. The van der Waals surface area contributed by atoms with E-state index < -0.39 is 5.41 Å². The highest BCUT2D eigenvalue weighted by Crippen LogP contribution is 2.55. The smallest absolute Gasteiger partial charge is 0.0714 e. The zero-order chi connectivity index (χ0) is 45.6. The van der Waals surface area contributed by atoms with Gasteiger partial charge in [-0.2, -0.15) is 0 Å². The molecular formula is C61H47N. The predicted molar refractivity (Wildman–Crippen MR) is 267 cm³/mol. The summed E-state index contributed by atoms with van der Waals surface area (Å²) in [5.41, 5.74) is 8.09. The third kappa shape index (κ3) is 7.10. The number of rotatable bonds is 13. The molecule has 0 N–H and O–H groups in total. The zero-order valence-corrected chi connectivity index (χ0v) is 34.4. The highest BCUT2D eigenvalue weighted by molar-refractivity contribution is 6.11. The van der Waals surface area contributed by atoms with Crippen molar-refractivity contribution in [3.8, 4) is 0 Å². The summed E-state index contributed by atoms with van der Waals surface area (Å²) < 4.78 is 37.0. The first-order valence-corrected chi connectivity index (χ1v) is 20.7. The second-order valence-electron chi connectivity index (χ2n) is 15.2. The van der Waals surface area contributed by atoms with Gasteiger partial charge in [0.1, 0.15) is 0 Å². The van der Waals surface area contributed by atoms with Crippen LogP contribution >= 0.6 is 0 Å². The lowest BCUT2D eigenvalue weighted by molar-refractivity contribution is 0.614. The van der Waals surface area contributed by atoms with Crippen LogP contribution in [0.2, 0.25) is 0 Å². The lowest BCUT2D eigenvalue weighted by Gasteiger charge is -2.35. The highest BCUT2D eigenvalue weighted by Gasteiger charge is 2.46. The Morgan fingerprint density at radius 2 is 1.21 bits per heavy atom. The Morgan fingerprint density at radius 3 is 1.92 bits per heavy atom. The Morgan fingerprint density at radius 1 is 0.581 bits per heavy atom. The maximum atomic E-state index is 9.79. The number of hydrogen-bond acceptors (Lipinski definition) is 1. The molecule has 0 radical (unpaired) electrons. The van der Waals surface area contributed by atoms with E-state index in [0.717, 1.165) is 84.4 Å². The normalized spacial score (nSPS) is 15.6. The topological polar surface area (TPSA) is 3.24 Å². The fourth-order valence-corrected chi connectivity index (χ4v) is 9.04. The van der Waals surface area contributed by atoms with Gasteiger partial charge in [-0.25, -0.2) is 0 Å². The molecule has 0 bridgehead atoms. The van der Waals surface area contributed by atoms with Crippen LogP contribution in [0.25, 0.3) is 49.5 Å². The Balaban J connectivity index is 1.27. The molecule has 0 saturated heterocycles. The van der Waals surface area contributed by atoms with Gasteiger partial charge in [-0.15, -0.1) is 0 Å². The lowest BCUT2D eigenvalue weighted by Crippen LogP contribution is -2.29. The Hall–Kier alpha value is -8.00. The van der Waals surface area contributed by atoms with E-state index in [0.29, 0.717) is 11.3 Å². The molecule has 0 aromatic heterocycles. The number of allylic oxidation sites excluding steroid dienone is 10. The SMILES string of the molecule is [2H]C=C(/C([2H])=C(/[2H])C(=C[2H])N(/C=C/C1=C(C=C)c2ccccc2C1(c1ccccc1)c1ccccc1)C(/C=C/c1cc2ccccc2c2ccccc12)=C/C=C)c1cccc2ccccc12. The highest BCUT2D eigenvalue weighted by atomic mass is 15.1. The standard InChI is InChI=1S/C61H47N/c1-5-22-51(40-39-48-43-47-24-14-16-31-55(47)57-33-18-17-32-56(48)57)62(45(4)38-37-44(3)53-35-21-25-46-23-13-15-30-54(46)53)42-41-60-52(6-2)58-34-19-20-36-59(58)61(60,49-26-9-7-10-27-49)50-28-11-8-12-29-50/h5-43H,1-4H2/b38-37-,40-39+,42-41+,51-22+/i3D,4D,37D,38D/b38-37-,40-39+,42-41+,44-3?,45-4?,51-22+. The van der Waals surface area contributed by atoms with E-state index in [-0.39, 0.29) is 23.4 Å². The van der Waals surface area contributed by atoms with Gasteiger partial charge in [0.05, 0.1) is 10.9 Å². The Bertz CT molecular complexity index is 3340. The van der Waals surface area contributed by atoms with Crippen LogP contribution in [0.4, 0.5) is 0 Å². The molecule has 0 heterocycles. The first-order chi connectivity index (χ1) is 32.4. The molecule has 0 atom stereocenters. The molecule has 8 aromatic carbocycles. The minimum absolute atomic E-state index is 0.123. The fraction of sp³-hybridized carbons (Fsp3) is 0.0164. The van der Waals surface area contributed by atoms with E-state index >= 15 is 0 Å². The first kappa shape index (κ1) is 34.8. The van der Waals surface area contributed by atoms with Crippen molar-refractivity contribution in [3.63, 3.8) is 0 Å². The first-order valence-electron chi connectivity index (χ1n) is 22.9. The molecule has 0 saturated carbocycles. The molecule has 0 amide bonds. The van der Waals surface area contributed by atoms with Gasteiger partial charge in [-0.1, -0.05) is 226 Å². The second-order valence-corrected chi connectivity index (χ2v) is 15.2. The average Bonchev–Trinajstić information content (AvgIpc) is 3.67. The van der Waals surface area contributed by atoms with Crippen LogP contribution in [0.5, 0.6) is 0 Å². The van der Waals surface area contributed by atoms with Gasteiger partial charge < -0.3 is 4.90 Å². The molecule has 9 rings (SSSR count). The van der Waals surface area contributed by atoms with Crippen molar-refractivity contribution >= 4 is 49.5 Å². The lowest BCUT2D eigenvalue weighted by atomic mass is 9.67. The van der Waals surface area contributed by atoms with Gasteiger partial charge in [0.15, 0.2) is 0 Å². The van der Waals surface area contributed by atoms with E-state index in [1.807, 2.05) is 91.2 Å². The molecule has 0 unspecified atom stereocenters. The molecule has 1 aliphatic carbocycles. The minimum Gasteiger partial charge on any atom is -0.318 e. The van der Waals surface area contributed by atoms with Crippen molar-refractivity contribution < 1.29 is 5.48 Å². The maximum absolute atomic E-state index is 9.79. The molecule has 0 aliphatic heterocycles. The predicted octanol–water partition coefficient (Wildman–Crippen LogP) is 15.8. The fourth-order valence-electron chi connectivity index (χ4n) is 9.04. The summed E-state index contributed by atoms with van der Waals surface area (Å²) in [5.74, 6) is 0. The third-order valence-corrected chi connectivity index (χ3v) is 11.8. The van der Waals surface area contributed by atoms with Crippen LogP contribution in [0.1, 0.15) is 38.9 Å². The van der Waals surface area contributed by atoms with Crippen molar-refractivity contribution in [1.29, 1.82) is 0 Å². The Labute approximate surface area is 371 Å². The van der Waals surface area contributed by atoms with Crippen molar-refractivity contribution in [2.24, 2.45) is 0 Å². The zero-order valence-electron chi connectivity index (χ0n) is 38.4. The molecule has 1 nitrogen and oxygen atoms in total. The second kappa shape index (κ2) is 17.3. The molecule has 62 heavy (non-hydrogen) atoms. The van der Waals surface area contributed by atoms with Crippen molar-refractivity contribution in [2.45, 2.75) is 5.41 Å². The van der Waals surface area contributed by atoms with Gasteiger partial charge in [-0.3, -0.25) is 0 Å². The summed E-state index contributed by atoms with van der Waals surface area (Å²) in [6.45, 7) is 10.7. The van der Waals surface area contributed by atoms with Crippen LogP contribution in [-0.2, 0) is 5.41 Å². The number of nitrogens with zero attached hydrogens (tertiary/aromatic N) is 1. The summed E-state index contributed by atoms with van der Waals surface area (Å²) in [7, 11) is 0. The number of fused-ring (bicyclic) bond motifs is 5. The van der Waals surface area contributed by atoms with Crippen LogP contribution in [-0.4, -0.2) is 4.90 Å². The summed E-state index contributed by atoms with van der Waals surface area (Å²) in [5, 5.41) is 6.31. The van der Waals surface area contributed by atoms with Gasteiger partial charge in [-0.05, 0) is 113 Å². The summed E-state index contributed by atoms with van der Waals surface area (Å²) >= 11 is 0. The third-order valence-electron chi connectivity index (χ3n) is 11.8. The maximum Gasteiger partial charge on any atom is 0.0714 e. The molecule has 1 aliphatic rings. The van der Waals surface area contributed by atoms with E-state index in [1.54, 1.807) is 11.0 Å². The van der Waals surface area contributed by atoms with Crippen LogP contribution in [0.3, 0.4) is 0 Å². The molecule has 0 spiro atoms. The van der Waals surface area contributed by atoms with Crippen LogP contribution < -0.4 is 0 Å². The average molecular weight is 798 g/mol. The van der Waals surface area contributed by atoms with E-state index in [1.165, 1.54) is 0 Å². The van der Waals surface area contributed by atoms with Gasteiger partial charge in [0.2, 0.25) is 0 Å². The van der Waals surface area contributed by atoms with Crippen molar-refractivity contribution in [2.75, 3.05) is 0 Å². The largest absolute Gasteiger partial charge is 0.318 e. The summed E-state index contributed by atoms with van der Waals surface area (Å²) in [6.07, 6.45) is 13.5. The van der Waals surface area contributed by atoms with Crippen LogP contribution in [0.15, 0.2) is 274 Å². The van der Waals surface area contributed by atoms with E-state index in [2.05, 4.69) is 141 Å². The quantitative estimate of drug-likeness (QED) is 0.0830. The molecule has 8 aromatic rings. The van der Waals surface area contributed by atoms with Gasteiger partial charge in [0.25, 0.3) is 0 Å². The Kier molecular flexibility index (Phi) is 9.72. The van der Waals surface area contributed by atoms with Crippen molar-refractivity contribution in [3.05, 3.63) is 307 Å². The van der Waals surface area contributed by atoms with Gasteiger partial charge >= 0.3 is 0 Å². The molecule has 1 heteroatoms. The molecular weight excluding hydrogens is 747 g/mol. The number of benzene rings is 8. The molecule has 0 fully saturated rings.